The number of carbonyl (C=O) groups excluding carboxylic acids is 1. The van der Waals surface area contributed by atoms with Gasteiger partial charge in [-0.15, -0.1) is 0 Å². The van der Waals surface area contributed by atoms with E-state index in [0.717, 1.165) is 5.56 Å². The van der Waals surface area contributed by atoms with Gasteiger partial charge in [0.25, 0.3) is 5.91 Å². The molecule has 0 aliphatic carbocycles. The maximum absolute atomic E-state index is 11.7. The third-order valence-electron chi connectivity index (χ3n) is 2.58. The standard InChI is InChI=1S/C13H12ClN3O4/c1-7-4-8(2-3-9(7)14)21-6-12(18)15-11-5-10(13(19)20)16-17-11/h2-5H,6H2,1H3,(H,19,20)(H2,15,16,17,18). The van der Waals surface area contributed by atoms with Gasteiger partial charge in [0.2, 0.25) is 0 Å². The van der Waals surface area contributed by atoms with Gasteiger partial charge in [-0.3, -0.25) is 9.89 Å². The molecule has 1 aromatic carbocycles. The molecule has 0 fully saturated rings. The number of halogens is 1. The molecule has 2 aromatic rings. The zero-order valence-corrected chi connectivity index (χ0v) is 11.8. The van der Waals surface area contributed by atoms with E-state index in [0.29, 0.717) is 10.8 Å². The summed E-state index contributed by atoms with van der Waals surface area (Å²) in [6.07, 6.45) is 0. The van der Waals surface area contributed by atoms with Gasteiger partial charge in [0.05, 0.1) is 0 Å². The average molecular weight is 310 g/mol. The molecule has 0 spiro atoms. The van der Waals surface area contributed by atoms with Crippen molar-refractivity contribution < 1.29 is 19.4 Å². The van der Waals surface area contributed by atoms with Crippen LogP contribution in [0, 0.1) is 6.92 Å². The van der Waals surface area contributed by atoms with E-state index in [2.05, 4.69) is 15.5 Å². The lowest BCUT2D eigenvalue weighted by Gasteiger charge is -2.07. The van der Waals surface area contributed by atoms with Crippen molar-refractivity contribution >= 4 is 29.3 Å². The van der Waals surface area contributed by atoms with E-state index in [1.807, 2.05) is 6.92 Å². The van der Waals surface area contributed by atoms with Gasteiger partial charge < -0.3 is 15.2 Å². The number of carboxylic acids is 1. The minimum atomic E-state index is -1.16. The summed E-state index contributed by atoms with van der Waals surface area (Å²) in [5.41, 5.74) is 0.729. The minimum absolute atomic E-state index is 0.112. The van der Waals surface area contributed by atoms with E-state index in [4.69, 9.17) is 21.4 Å². The average Bonchev–Trinajstić information content (AvgIpc) is 2.89. The molecule has 0 saturated carbocycles. The molecule has 0 unspecified atom stereocenters. The number of rotatable bonds is 5. The largest absolute Gasteiger partial charge is 0.484 e. The number of aryl methyl sites for hydroxylation is 1. The van der Waals surface area contributed by atoms with Gasteiger partial charge in [0.1, 0.15) is 11.4 Å². The Balaban J connectivity index is 1.89. The maximum atomic E-state index is 11.7. The second kappa shape index (κ2) is 6.27. The summed E-state index contributed by atoms with van der Waals surface area (Å²) < 4.78 is 5.31. The molecule has 7 nitrogen and oxygen atoms in total. The molecular weight excluding hydrogens is 298 g/mol. The summed E-state index contributed by atoms with van der Waals surface area (Å²) in [6.45, 7) is 1.60. The van der Waals surface area contributed by atoms with Crippen molar-refractivity contribution in [3.05, 3.63) is 40.5 Å². The summed E-state index contributed by atoms with van der Waals surface area (Å²) >= 11 is 5.88. The number of aromatic amines is 1. The molecule has 8 heteroatoms. The van der Waals surface area contributed by atoms with E-state index in [1.54, 1.807) is 18.2 Å². The number of H-pyrrole nitrogens is 1. The highest BCUT2D eigenvalue weighted by Gasteiger charge is 2.10. The maximum Gasteiger partial charge on any atom is 0.353 e. The number of nitrogens with zero attached hydrogens (tertiary/aromatic N) is 1. The zero-order chi connectivity index (χ0) is 15.4. The Kier molecular flexibility index (Phi) is 4.44. The van der Waals surface area contributed by atoms with Crippen LogP contribution in [-0.4, -0.2) is 33.8 Å². The third-order valence-corrected chi connectivity index (χ3v) is 3.00. The summed E-state index contributed by atoms with van der Waals surface area (Å²) in [7, 11) is 0. The summed E-state index contributed by atoms with van der Waals surface area (Å²) in [6, 6.07) is 6.26. The fourth-order valence-corrected chi connectivity index (χ4v) is 1.65. The molecule has 0 radical (unpaired) electrons. The quantitative estimate of drug-likeness (QED) is 0.784. The van der Waals surface area contributed by atoms with Gasteiger partial charge in [0, 0.05) is 11.1 Å². The fraction of sp³-hybridized carbons (Fsp3) is 0.154. The van der Waals surface area contributed by atoms with Crippen molar-refractivity contribution in [1.82, 2.24) is 10.2 Å². The Hall–Kier alpha value is -2.54. The highest BCUT2D eigenvalue weighted by molar-refractivity contribution is 6.31. The molecule has 0 aliphatic heterocycles. The van der Waals surface area contributed by atoms with Crippen molar-refractivity contribution in [2.45, 2.75) is 6.92 Å². The number of carbonyl (C=O) groups is 2. The van der Waals surface area contributed by atoms with Crippen molar-refractivity contribution in [2.24, 2.45) is 0 Å². The first-order chi connectivity index (χ1) is 9.95. The van der Waals surface area contributed by atoms with Gasteiger partial charge in [-0.2, -0.15) is 5.10 Å². The SMILES string of the molecule is Cc1cc(OCC(=O)Nc2cc(C(=O)O)[nH]n2)ccc1Cl. The van der Waals surface area contributed by atoms with E-state index in [-0.39, 0.29) is 18.1 Å². The zero-order valence-electron chi connectivity index (χ0n) is 11.0. The topological polar surface area (TPSA) is 104 Å². The van der Waals surface area contributed by atoms with Crippen LogP contribution in [0.2, 0.25) is 5.02 Å². The van der Waals surface area contributed by atoms with Gasteiger partial charge in [-0.25, -0.2) is 4.79 Å². The second-order valence-corrected chi connectivity index (χ2v) is 4.63. The Morgan fingerprint density at radius 1 is 1.43 bits per heavy atom. The number of nitrogens with one attached hydrogen (secondary N) is 2. The van der Waals surface area contributed by atoms with Crippen LogP contribution < -0.4 is 10.1 Å². The van der Waals surface area contributed by atoms with Crippen molar-refractivity contribution in [1.29, 1.82) is 0 Å². The molecular formula is C13H12ClN3O4. The van der Waals surface area contributed by atoms with Crippen LogP contribution in [0.15, 0.2) is 24.3 Å². The number of aromatic nitrogens is 2. The number of benzene rings is 1. The molecule has 2 rings (SSSR count). The molecule has 1 amide bonds. The number of ether oxygens (including phenoxy) is 1. The van der Waals surface area contributed by atoms with Crippen LogP contribution in [0.1, 0.15) is 16.1 Å². The Labute approximate surface area is 124 Å². The number of hydrogen-bond acceptors (Lipinski definition) is 4. The van der Waals surface area contributed by atoms with Gasteiger partial charge in [-0.05, 0) is 30.7 Å². The molecule has 1 aromatic heterocycles. The van der Waals surface area contributed by atoms with Crippen LogP contribution >= 0.6 is 11.6 Å². The molecule has 21 heavy (non-hydrogen) atoms. The fourth-order valence-electron chi connectivity index (χ4n) is 1.53. The number of hydrogen-bond donors (Lipinski definition) is 3. The van der Waals surface area contributed by atoms with Crippen molar-refractivity contribution in [2.75, 3.05) is 11.9 Å². The van der Waals surface area contributed by atoms with Crippen LogP contribution in [0.5, 0.6) is 5.75 Å². The van der Waals surface area contributed by atoms with E-state index >= 15 is 0 Å². The summed E-state index contributed by atoms with van der Waals surface area (Å²) in [5.74, 6) is -0.976. The number of anilines is 1. The molecule has 3 N–H and O–H groups in total. The first-order valence-electron chi connectivity index (χ1n) is 5.93. The third kappa shape index (κ3) is 3.96. The molecule has 0 aliphatic rings. The number of carboxylic acid groups (broad SMARTS) is 1. The molecule has 0 atom stereocenters. The van der Waals surface area contributed by atoms with Crippen LogP contribution in [0.3, 0.4) is 0 Å². The monoisotopic (exact) mass is 309 g/mol. The van der Waals surface area contributed by atoms with Gasteiger partial charge in [-0.1, -0.05) is 11.6 Å². The number of amides is 1. The lowest BCUT2D eigenvalue weighted by atomic mass is 10.2. The first kappa shape index (κ1) is 14.9. The van der Waals surface area contributed by atoms with E-state index < -0.39 is 11.9 Å². The van der Waals surface area contributed by atoms with Crippen molar-refractivity contribution in [3.63, 3.8) is 0 Å². The van der Waals surface area contributed by atoms with E-state index in [9.17, 15) is 9.59 Å². The van der Waals surface area contributed by atoms with Crippen LogP contribution in [0.4, 0.5) is 5.82 Å². The van der Waals surface area contributed by atoms with E-state index in [1.165, 1.54) is 6.07 Å². The van der Waals surface area contributed by atoms with Crippen LogP contribution in [0.25, 0.3) is 0 Å². The lowest BCUT2D eigenvalue weighted by molar-refractivity contribution is -0.118. The van der Waals surface area contributed by atoms with Crippen LogP contribution in [-0.2, 0) is 4.79 Å². The number of aromatic carboxylic acids is 1. The Morgan fingerprint density at radius 2 is 2.19 bits per heavy atom. The first-order valence-corrected chi connectivity index (χ1v) is 6.31. The van der Waals surface area contributed by atoms with Gasteiger partial charge >= 0.3 is 5.97 Å². The highest BCUT2D eigenvalue weighted by Crippen LogP contribution is 2.20. The Bertz CT molecular complexity index is 684. The predicted octanol–water partition coefficient (Wildman–Crippen LogP) is 2.09. The summed E-state index contributed by atoms with van der Waals surface area (Å²) in [5, 5.41) is 17.7. The summed E-state index contributed by atoms with van der Waals surface area (Å²) in [4.78, 5) is 22.3. The van der Waals surface area contributed by atoms with Gasteiger partial charge in [0.15, 0.2) is 12.4 Å². The van der Waals surface area contributed by atoms with Crippen molar-refractivity contribution in [3.8, 4) is 5.75 Å². The normalized spacial score (nSPS) is 10.2. The molecule has 1 heterocycles. The minimum Gasteiger partial charge on any atom is -0.484 e. The smallest absolute Gasteiger partial charge is 0.353 e. The lowest BCUT2D eigenvalue weighted by Crippen LogP contribution is -2.20. The predicted molar refractivity (Wildman–Crippen MR) is 75.9 cm³/mol. The molecule has 110 valence electrons. The molecule has 0 saturated heterocycles. The molecule has 0 bridgehead atoms. The Morgan fingerprint density at radius 3 is 2.81 bits per heavy atom. The second-order valence-electron chi connectivity index (χ2n) is 4.22. The highest BCUT2D eigenvalue weighted by atomic mass is 35.5.